The second-order valence-corrected chi connectivity index (χ2v) is 5.16. The van der Waals surface area contributed by atoms with Gasteiger partial charge in [-0.05, 0) is 59.0 Å². The second-order valence-electron chi connectivity index (χ2n) is 3.91. The van der Waals surface area contributed by atoms with E-state index in [1.54, 1.807) is 7.11 Å². The predicted octanol–water partition coefficient (Wildman–Crippen LogP) is 3.64. The van der Waals surface area contributed by atoms with Gasteiger partial charge in [0.1, 0.15) is 0 Å². The van der Waals surface area contributed by atoms with Gasteiger partial charge in [-0.2, -0.15) is 9.78 Å². The standard InChI is InChI=1S/C14H11IN2O/c1-18-14-12-4-2-3-5-13(12)16-17(14)11-8-6-10(15)7-9-11/h2-9H,1H3. The highest BCUT2D eigenvalue weighted by atomic mass is 127. The number of ether oxygens (including phenoxy) is 1. The van der Waals surface area contributed by atoms with Crippen molar-refractivity contribution in [3.63, 3.8) is 0 Å². The third kappa shape index (κ3) is 1.86. The lowest BCUT2D eigenvalue weighted by Crippen LogP contribution is -1.99. The molecular weight excluding hydrogens is 339 g/mol. The van der Waals surface area contributed by atoms with Crippen molar-refractivity contribution in [3.8, 4) is 11.6 Å². The Labute approximate surface area is 119 Å². The molecule has 4 heteroatoms. The van der Waals surface area contributed by atoms with Crippen LogP contribution in [0.15, 0.2) is 48.5 Å². The first-order chi connectivity index (χ1) is 8.79. The van der Waals surface area contributed by atoms with Gasteiger partial charge in [-0.25, -0.2) is 0 Å². The van der Waals surface area contributed by atoms with E-state index >= 15 is 0 Å². The van der Waals surface area contributed by atoms with Gasteiger partial charge in [0.15, 0.2) is 0 Å². The average Bonchev–Trinajstić information content (AvgIpc) is 2.78. The van der Waals surface area contributed by atoms with Crippen LogP contribution in [0.2, 0.25) is 0 Å². The Bertz CT molecular complexity index is 689. The van der Waals surface area contributed by atoms with Crippen LogP contribution < -0.4 is 4.74 Å². The van der Waals surface area contributed by atoms with E-state index in [-0.39, 0.29) is 0 Å². The Kier molecular flexibility index (Phi) is 2.95. The number of halogens is 1. The highest BCUT2D eigenvalue weighted by Crippen LogP contribution is 2.28. The van der Waals surface area contributed by atoms with Crippen LogP contribution in [-0.4, -0.2) is 16.9 Å². The topological polar surface area (TPSA) is 27.1 Å². The molecule has 3 rings (SSSR count). The first-order valence-electron chi connectivity index (χ1n) is 5.57. The molecule has 0 radical (unpaired) electrons. The van der Waals surface area contributed by atoms with Crippen molar-refractivity contribution >= 4 is 33.5 Å². The first-order valence-corrected chi connectivity index (χ1v) is 6.65. The molecule has 0 aliphatic carbocycles. The maximum Gasteiger partial charge on any atom is 0.224 e. The van der Waals surface area contributed by atoms with Crippen LogP contribution in [0.1, 0.15) is 0 Å². The highest BCUT2D eigenvalue weighted by molar-refractivity contribution is 14.1. The summed E-state index contributed by atoms with van der Waals surface area (Å²) in [4.78, 5) is 0. The van der Waals surface area contributed by atoms with Gasteiger partial charge < -0.3 is 4.74 Å². The Hall–Kier alpha value is -1.56. The van der Waals surface area contributed by atoms with Gasteiger partial charge in [-0.1, -0.05) is 12.1 Å². The van der Waals surface area contributed by atoms with Crippen LogP contribution in [0.3, 0.4) is 0 Å². The number of fused-ring (bicyclic) bond motifs is 1. The molecule has 0 saturated heterocycles. The minimum absolute atomic E-state index is 0.770. The summed E-state index contributed by atoms with van der Waals surface area (Å²) in [5.74, 6) is 0.770. The van der Waals surface area contributed by atoms with Crippen molar-refractivity contribution in [1.82, 2.24) is 9.78 Å². The van der Waals surface area contributed by atoms with Gasteiger partial charge in [0.05, 0.1) is 23.7 Å². The van der Waals surface area contributed by atoms with Crippen molar-refractivity contribution in [2.75, 3.05) is 7.11 Å². The molecule has 0 atom stereocenters. The SMILES string of the molecule is COc1c2ccccc2nn1-c1ccc(I)cc1. The van der Waals surface area contributed by atoms with E-state index < -0.39 is 0 Å². The molecule has 0 aliphatic rings. The van der Waals surface area contributed by atoms with Crippen molar-refractivity contribution in [2.45, 2.75) is 0 Å². The van der Waals surface area contributed by atoms with Crippen LogP contribution in [0.4, 0.5) is 0 Å². The summed E-state index contributed by atoms with van der Waals surface area (Å²) in [6.07, 6.45) is 0. The molecule has 0 aliphatic heterocycles. The lowest BCUT2D eigenvalue weighted by Gasteiger charge is -2.06. The monoisotopic (exact) mass is 350 g/mol. The fourth-order valence-electron chi connectivity index (χ4n) is 1.96. The lowest BCUT2D eigenvalue weighted by atomic mass is 10.2. The van der Waals surface area contributed by atoms with Crippen LogP contribution in [-0.2, 0) is 0 Å². The fourth-order valence-corrected chi connectivity index (χ4v) is 2.32. The lowest BCUT2D eigenvalue weighted by molar-refractivity contribution is 0.388. The van der Waals surface area contributed by atoms with E-state index in [0.717, 1.165) is 22.5 Å². The van der Waals surface area contributed by atoms with Crippen molar-refractivity contribution < 1.29 is 4.74 Å². The maximum atomic E-state index is 5.48. The van der Waals surface area contributed by atoms with Gasteiger partial charge >= 0.3 is 0 Å². The van der Waals surface area contributed by atoms with Crippen molar-refractivity contribution in [3.05, 3.63) is 52.1 Å². The molecule has 3 nitrogen and oxygen atoms in total. The number of nitrogens with zero attached hydrogens (tertiary/aromatic N) is 2. The number of rotatable bonds is 2. The summed E-state index contributed by atoms with van der Waals surface area (Å²) < 4.78 is 8.52. The highest BCUT2D eigenvalue weighted by Gasteiger charge is 2.12. The van der Waals surface area contributed by atoms with Crippen molar-refractivity contribution in [2.24, 2.45) is 0 Å². The number of hydrogen-bond donors (Lipinski definition) is 0. The number of benzene rings is 2. The molecule has 1 aromatic heterocycles. The molecule has 2 aromatic carbocycles. The molecule has 0 N–H and O–H groups in total. The molecule has 90 valence electrons. The van der Waals surface area contributed by atoms with Gasteiger partial charge in [0, 0.05) is 3.57 Å². The zero-order chi connectivity index (χ0) is 12.5. The van der Waals surface area contributed by atoms with E-state index in [1.165, 1.54) is 3.57 Å². The molecule has 0 unspecified atom stereocenters. The molecule has 0 saturated carbocycles. The Balaban J connectivity index is 2.25. The Morgan fingerprint density at radius 3 is 2.50 bits per heavy atom. The molecule has 3 aromatic rings. The summed E-state index contributed by atoms with van der Waals surface area (Å²) in [5, 5.41) is 5.60. The van der Waals surface area contributed by atoms with Crippen LogP contribution in [0.5, 0.6) is 5.88 Å². The number of hydrogen-bond acceptors (Lipinski definition) is 2. The summed E-state index contributed by atoms with van der Waals surface area (Å²) in [6, 6.07) is 16.2. The average molecular weight is 350 g/mol. The Morgan fingerprint density at radius 1 is 1.06 bits per heavy atom. The third-order valence-electron chi connectivity index (χ3n) is 2.80. The number of methoxy groups -OCH3 is 1. The summed E-state index contributed by atoms with van der Waals surface area (Å²) in [5.41, 5.74) is 1.94. The fraction of sp³-hybridized carbons (Fsp3) is 0.0714. The molecule has 0 amide bonds. The van der Waals surface area contributed by atoms with Crippen LogP contribution in [0, 0.1) is 3.57 Å². The normalized spacial score (nSPS) is 10.8. The zero-order valence-corrected chi connectivity index (χ0v) is 12.0. The molecule has 1 heterocycles. The van der Waals surface area contributed by atoms with Crippen molar-refractivity contribution in [1.29, 1.82) is 0 Å². The van der Waals surface area contributed by atoms with Gasteiger partial charge in [-0.15, -0.1) is 0 Å². The second kappa shape index (κ2) is 4.61. The van der Waals surface area contributed by atoms with E-state index in [9.17, 15) is 0 Å². The largest absolute Gasteiger partial charge is 0.480 e. The van der Waals surface area contributed by atoms with E-state index in [1.807, 2.05) is 41.1 Å². The summed E-state index contributed by atoms with van der Waals surface area (Å²) in [7, 11) is 1.67. The zero-order valence-electron chi connectivity index (χ0n) is 9.80. The molecule has 0 bridgehead atoms. The minimum Gasteiger partial charge on any atom is -0.480 e. The van der Waals surface area contributed by atoms with E-state index in [4.69, 9.17) is 4.74 Å². The van der Waals surface area contributed by atoms with Crippen LogP contribution >= 0.6 is 22.6 Å². The maximum absolute atomic E-state index is 5.48. The van der Waals surface area contributed by atoms with Crippen LogP contribution in [0.25, 0.3) is 16.6 Å². The van der Waals surface area contributed by atoms with E-state index in [0.29, 0.717) is 0 Å². The molecule has 0 spiro atoms. The van der Waals surface area contributed by atoms with E-state index in [2.05, 4.69) is 39.8 Å². The third-order valence-corrected chi connectivity index (χ3v) is 3.52. The quantitative estimate of drug-likeness (QED) is 0.660. The molecular formula is C14H11IN2O. The summed E-state index contributed by atoms with van der Waals surface area (Å²) in [6.45, 7) is 0. The Morgan fingerprint density at radius 2 is 1.78 bits per heavy atom. The predicted molar refractivity (Wildman–Crippen MR) is 80.3 cm³/mol. The van der Waals surface area contributed by atoms with Gasteiger partial charge in [0.25, 0.3) is 0 Å². The first kappa shape index (κ1) is 11.5. The molecule has 18 heavy (non-hydrogen) atoms. The van der Waals surface area contributed by atoms with Gasteiger partial charge in [0.2, 0.25) is 5.88 Å². The minimum atomic E-state index is 0.770. The molecule has 0 fully saturated rings. The number of aromatic nitrogens is 2. The van der Waals surface area contributed by atoms with Gasteiger partial charge in [-0.3, -0.25) is 0 Å². The smallest absolute Gasteiger partial charge is 0.224 e. The summed E-state index contributed by atoms with van der Waals surface area (Å²) >= 11 is 2.29.